The predicted octanol–water partition coefficient (Wildman–Crippen LogP) is 5.63. The molecule has 2 aliphatic rings. The molecule has 1 heterocycles. The number of alkyl carbamates (subject to hydrolysis) is 1. The summed E-state index contributed by atoms with van der Waals surface area (Å²) >= 11 is 0. The zero-order valence-electron chi connectivity index (χ0n) is 38.8. The van der Waals surface area contributed by atoms with Gasteiger partial charge >= 0.3 is 6.09 Å². The first-order valence-corrected chi connectivity index (χ1v) is 23.3. The van der Waals surface area contributed by atoms with Crippen molar-refractivity contribution in [1.29, 1.82) is 0 Å². The summed E-state index contributed by atoms with van der Waals surface area (Å²) in [6.07, 6.45) is 7.95. The Bertz CT molecular complexity index is 1840. The number of allylic oxidation sites excluding steroid dienone is 2. The van der Waals surface area contributed by atoms with E-state index in [1.54, 1.807) is 45.2 Å². The number of carbonyl (C=O) groups excluding carboxylic acids is 6. The maximum Gasteiger partial charge on any atom is 0.407 e. The molecule has 15 heteroatoms. The smallest absolute Gasteiger partial charge is 0.407 e. The number of nitrogens with zero attached hydrogens (tertiary/aromatic N) is 1. The van der Waals surface area contributed by atoms with Crippen molar-refractivity contribution in [2.75, 3.05) is 20.2 Å². The van der Waals surface area contributed by atoms with Gasteiger partial charge < -0.3 is 45.7 Å². The first kappa shape index (κ1) is 52.1. The third-order valence-electron chi connectivity index (χ3n) is 12.1. The number of ether oxygens (including phenoxy) is 3. The van der Waals surface area contributed by atoms with Gasteiger partial charge in [0.1, 0.15) is 30.8 Å². The van der Waals surface area contributed by atoms with Gasteiger partial charge in [-0.25, -0.2) is 4.79 Å². The van der Waals surface area contributed by atoms with Gasteiger partial charge in [0, 0.05) is 13.1 Å². The molecule has 0 bridgehead atoms. The largest absolute Gasteiger partial charge is 0.445 e. The molecule has 8 atom stereocenters. The molecule has 1 saturated carbocycles. The van der Waals surface area contributed by atoms with Crippen molar-refractivity contribution in [3.05, 3.63) is 97.1 Å². The second-order valence-electron chi connectivity index (χ2n) is 17.2. The normalized spacial score (nSPS) is 25.0. The van der Waals surface area contributed by atoms with Gasteiger partial charge in [0.2, 0.25) is 29.5 Å². The summed E-state index contributed by atoms with van der Waals surface area (Å²) in [5.41, 5.74) is 1.60. The Hall–Kier alpha value is -5.54. The summed E-state index contributed by atoms with van der Waals surface area (Å²) in [7, 11) is 1.61. The number of hydrogen-bond acceptors (Lipinski definition) is 9. The van der Waals surface area contributed by atoms with Crippen molar-refractivity contribution in [2.24, 2.45) is 11.8 Å². The molecule has 0 spiro atoms. The highest BCUT2D eigenvalue weighted by Gasteiger charge is 2.40. The SMILES string of the molecule is C=CCC[C@H]1OC[C@@H](C)NC(=O)[C@H]([C@H](C)OCc2ccccc2)NC(=O)[C@H](CNC(=O)OCc2ccccc2)NC(=O)[C@H](C2CCCCC2)NC(=O)[C@H](CCC)N(C)C(=O)[C@@H]1CCC=C. The summed E-state index contributed by atoms with van der Waals surface area (Å²) in [6, 6.07) is 13.1. The van der Waals surface area contributed by atoms with E-state index < -0.39 is 84.6 Å². The summed E-state index contributed by atoms with van der Waals surface area (Å²) in [4.78, 5) is 87.1. The van der Waals surface area contributed by atoms with Crippen molar-refractivity contribution < 1.29 is 43.0 Å². The number of rotatable bonds is 17. The van der Waals surface area contributed by atoms with Crippen LogP contribution in [0.25, 0.3) is 0 Å². The fourth-order valence-corrected chi connectivity index (χ4v) is 8.37. The van der Waals surface area contributed by atoms with Crippen LogP contribution in [0.3, 0.4) is 0 Å². The molecule has 6 amide bonds. The van der Waals surface area contributed by atoms with E-state index in [1.165, 1.54) is 4.90 Å². The van der Waals surface area contributed by atoms with Crippen molar-refractivity contribution >= 4 is 35.6 Å². The zero-order valence-corrected chi connectivity index (χ0v) is 38.8. The summed E-state index contributed by atoms with van der Waals surface area (Å²) in [5.74, 6) is -3.72. The maximum atomic E-state index is 14.6. The van der Waals surface area contributed by atoms with Crippen LogP contribution in [0.4, 0.5) is 4.79 Å². The van der Waals surface area contributed by atoms with E-state index in [-0.39, 0.29) is 31.6 Å². The lowest BCUT2D eigenvalue weighted by Gasteiger charge is -2.36. The van der Waals surface area contributed by atoms with E-state index in [4.69, 9.17) is 14.2 Å². The van der Waals surface area contributed by atoms with Crippen LogP contribution < -0.4 is 26.6 Å². The van der Waals surface area contributed by atoms with E-state index in [9.17, 15) is 28.8 Å². The minimum atomic E-state index is -1.43. The van der Waals surface area contributed by atoms with E-state index in [1.807, 2.05) is 55.5 Å². The molecule has 1 saturated heterocycles. The van der Waals surface area contributed by atoms with Gasteiger partial charge in [0.15, 0.2) is 0 Å². The minimum absolute atomic E-state index is 0.0185. The molecule has 0 aromatic heterocycles. The third kappa shape index (κ3) is 16.8. The van der Waals surface area contributed by atoms with Crippen LogP contribution in [0.2, 0.25) is 0 Å². The number of likely N-dealkylation sites (N-methyl/N-ethyl adjacent to an activating group) is 1. The van der Waals surface area contributed by atoms with Gasteiger partial charge in [-0.05, 0) is 75.8 Å². The molecule has 2 fully saturated rings. The monoisotopic (exact) mass is 901 g/mol. The predicted molar refractivity (Wildman–Crippen MR) is 249 cm³/mol. The van der Waals surface area contributed by atoms with Gasteiger partial charge in [-0.1, -0.05) is 105 Å². The average Bonchev–Trinajstić information content (AvgIpc) is 3.32. The number of carbonyl (C=O) groups is 6. The van der Waals surface area contributed by atoms with Crippen LogP contribution in [-0.2, 0) is 51.4 Å². The zero-order chi connectivity index (χ0) is 47.1. The average molecular weight is 901 g/mol. The molecule has 0 radical (unpaired) electrons. The lowest BCUT2D eigenvalue weighted by Crippen LogP contribution is -2.63. The molecule has 1 aliphatic heterocycles. The Balaban J connectivity index is 1.75. The topological polar surface area (TPSA) is 194 Å². The molecule has 2 aromatic carbocycles. The quantitative estimate of drug-likeness (QED) is 0.125. The molecule has 15 nitrogen and oxygen atoms in total. The van der Waals surface area contributed by atoms with Crippen molar-refractivity contribution in [3.8, 4) is 0 Å². The van der Waals surface area contributed by atoms with Gasteiger partial charge in [-0.15, -0.1) is 13.2 Å². The van der Waals surface area contributed by atoms with E-state index in [0.717, 1.165) is 30.4 Å². The fourth-order valence-electron chi connectivity index (χ4n) is 8.37. The van der Waals surface area contributed by atoms with Crippen molar-refractivity contribution in [1.82, 2.24) is 31.5 Å². The van der Waals surface area contributed by atoms with E-state index in [0.29, 0.717) is 51.4 Å². The Morgan fingerprint density at radius 2 is 1.45 bits per heavy atom. The second kappa shape index (κ2) is 27.7. The molecule has 65 heavy (non-hydrogen) atoms. The third-order valence-corrected chi connectivity index (χ3v) is 12.1. The molecule has 356 valence electrons. The second-order valence-corrected chi connectivity index (χ2v) is 17.2. The lowest BCUT2D eigenvalue weighted by atomic mass is 9.83. The molecule has 5 N–H and O–H groups in total. The Labute approximate surface area is 385 Å². The van der Waals surface area contributed by atoms with Crippen LogP contribution in [0.15, 0.2) is 86.0 Å². The maximum absolute atomic E-state index is 14.6. The first-order valence-electron chi connectivity index (χ1n) is 23.3. The highest BCUT2D eigenvalue weighted by atomic mass is 16.5. The highest BCUT2D eigenvalue weighted by Crippen LogP contribution is 2.28. The first-order chi connectivity index (χ1) is 31.4. The number of benzene rings is 2. The van der Waals surface area contributed by atoms with Crippen LogP contribution in [0.1, 0.15) is 103 Å². The fraction of sp³-hybridized carbons (Fsp3) is 0.560. The number of hydrogen-bond donors (Lipinski definition) is 5. The molecular formula is C50H72N6O9. The summed E-state index contributed by atoms with van der Waals surface area (Å²) in [6.45, 7) is 12.8. The van der Waals surface area contributed by atoms with Crippen LogP contribution in [0.5, 0.6) is 0 Å². The molecule has 1 aliphatic carbocycles. The summed E-state index contributed by atoms with van der Waals surface area (Å²) in [5, 5.41) is 14.2. The Morgan fingerprint density at radius 3 is 2.08 bits per heavy atom. The minimum Gasteiger partial charge on any atom is -0.445 e. The molecule has 0 unspecified atom stereocenters. The van der Waals surface area contributed by atoms with Gasteiger partial charge in [0.05, 0.1) is 37.9 Å². The van der Waals surface area contributed by atoms with Crippen LogP contribution >= 0.6 is 0 Å². The lowest BCUT2D eigenvalue weighted by molar-refractivity contribution is -0.148. The van der Waals surface area contributed by atoms with E-state index >= 15 is 0 Å². The van der Waals surface area contributed by atoms with Gasteiger partial charge in [-0.2, -0.15) is 0 Å². The van der Waals surface area contributed by atoms with Crippen LogP contribution in [-0.4, -0.2) is 103 Å². The number of nitrogens with one attached hydrogen (secondary N) is 5. The van der Waals surface area contributed by atoms with Crippen molar-refractivity contribution in [3.63, 3.8) is 0 Å². The highest BCUT2D eigenvalue weighted by molar-refractivity contribution is 5.96. The van der Waals surface area contributed by atoms with E-state index in [2.05, 4.69) is 39.7 Å². The van der Waals surface area contributed by atoms with Crippen LogP contribution in [0, 0.1) is 11.8 Å². The van der Waals surface area contributed by atoms with Crippen molar-refractivity contribution in [2.45, 2.75) is 147 Å². The molecular weight excluding hydrogens is 829 g/mol. The standard InChI is InChI=1S/C50H72N6O9/c1-7-10-28-39-42(29-11-8-2)64-31-34(4)52-47(59)43(35(5)63-32-36-22-15-12-16-23-36)54-45(57)40(30-51-50(62)65-33-37-24-17-13-18-25-37)53-48(60)44(38-26-19-14-20-27-38)55-46(58)41(21-9-3)56(6)49(39)61/h7-8,12-13,15-18,22-25,34-35,38-44H,1-2,9-11,14,19-21,26-33H2,3-6H3,(H,51,62)(H,52,59)(H,53,60)(H,54,57)(H,55,58)/t34-,35+,39-,40+,41+,42-,43+,44+/m1/s1. The Kier molecular flexibility index (Phi) is 22.2. The van der Waals surface area contributed by atoms with Gasteiger partial charge in [0.25, 0.3) is 0 Å². The Morgan fingerprint density at radius 1 is 0.815 bits per heavy atom. The number of amides is 6. The molecule has 2 aromatic rings. The summed E-state index contributed by atoms with van der Waals surface area (Å²) < 4.78 is 18.1. The molecule has 4 rings (SSSR count). The van der Waals surface area contributed by atoms with Gasteiger partial charge in [-0.3, -0.25) is 24.0 Å².